The van der Waals surface area contributed by atoms with E-state index >= 15 is 0 Å². The van der Waals surface area contributed by atoms with Gasteiger partial charge in [0.05, 0.1) is 0 Å². The van der Waals surface area contributed by atoms with Gasteiger partial charge in [-0.1, -0.05) is 24.3 Å². The standard InChI is InChI=1S/C17H14N2/c1-19-15-8-12-4-2-10-6-14(18)7-11-3-5-13(9-15)17(12)16(10)11/h2-8,13H,1,9,18H2. The molecule has 2 heteroatoms. The van der Waals surface area contributed by atoms with E-state index in [9.17, 15) is 0 Å². The van der Waals surface area contributed by atoms with Crippen LogP contribution in [0.1, 0.15) is 29.0 Å². The average Bonchev–Trinajstić information content (AvgIpc) is 2.43. The normalized spacial score (nSPS) is 19.4. The number of rotatable bonds is 1. The van der Waals surface area contributed by atoms with E-state index in [1.165, 1.54) is 27.5 Å². The maximum atomic E-state index is 5.97. The monoisotopic (exact) mass is 246 g/mol. The van der Waals surface area contributed by atoms with Crippen LogP contribution in [0.15, 0.2) is 41.0 Å². The third-order valence-electron chi connectivity index (χ3n) is 4.08. The molecule has 0 heterocycles. The summed E-state index contributed by atoms with van der Waals surface area (Å²) in [6, 6.07) is 8.42. The average molecular weight is 246 g/mol. The van der Waals surface area contributed by atoms with Crippen LogP contribution >= 0.6 is 0 Å². The van der Waals surface area contributed by atoms with Gasteiger partial charge in [0.25, 0.3) is 0 Å². The van der Waals surface area contributed by atoms with Crippen molar-refractivity contribution in [1.29, 1.82) is 0 Å². The molecule has 2 aromatic carbocycles. The zero-order chi connectivity index (χ0) is 13.0. The Hall–Kier alpha value is -2.35. The number of nitrogens with zero attached hydrogens (tertiary/aromatic N) is 1. The van der Waals surface area contributed by atoms with Crippen molar-refractivity contribution in [2.45, 2.75) is 12.3 Å². The zero-order valence-electron chi connectivity index (χ0n) is 10.6. The molecule has 0 aromatic heterocycles. The Morgan fingerprint density at radius 2 is 2.11 bits per heavy atom. The quantitative estimate of drug-likeness (QED) is 0.600. The van der Waals surface area contributed by atoms with Gasteiger partial charge in [-0.25, -0.2) is 0 Å². The first kappa shape index (κ1) is 10.6. The number of anilines is 1. The molecule has 2 nitrogen and oxygen atoms in total. The first-order valence-electron chi connectivity index (χ1n) is 6.48. The molecule has 0 bridgehead atoms. The molecule has 19 heavy (non-hydrogen) atoms. The second kappa shape index (κ2) is 3.58. The Bertz CT molecular complexity index is 781. The summed E-state index contributed by atoms with van der Waals surface area (Å²) in [5, 5.41) is 2.57. The van der Waals surface area contributed by atoms with Crippen LogP contribution in [0.3, 0.4) is 0 Å². The van der Waals surface area contributed by atoms with Crippen molar-refractivity contribution in [2.24, 2.45) is 4.99 Å². The summed E-state index contributed by atoms with van der Waals surface area (Å²) >= 11 is 0. The highest BCUT2D eigenvalue weighted by Crippen LogP contribution is 2.44. The summed E-state index contributed by atoms with van der Waals surface area (Å²) in [5.74, 6) is 0.417. The molecule has 0 fully saturated rings. The van der Waals surface area contributed by atoms with Crippen LogP contribution in [0, 0.1) is 0 Å². The lowest BCUT2D eigenvalue weighted by Gasteiger charge is -2.27. The molecular formula is C17H14N2. The van der Waals surface area contributed by atoms with Crippen LogP contribution in [0.2, 0.25) is 0 Å². The Labute approximate surface area is 112 Å². The number of hydrogen-bond donors (Lipinski definition) is 1. The highest BCUT2D eigenvalue weighted by atomic mass is 14.7. The van der Waals surface area contributed by atoms with Crippen molar-refractivity contribution in [3.8, 4) is 0 Å². The summed E-state index contributed by atoms with van der Waals surface area (Å²) in [6.07, 6.45) is 7.54. The lowest BCUT2D eigenvalue weighted by atomic mass is 9.78. The van der Waals surface area contributed by atoms with Crippen LogP contribution in [0.4, 0.5) is 5.69 Å². The Kier molecular flexibility index (Phi) is 1.99. The van der Waals surface area contributed by atoms with Gasteiger partial charge in [-0.2, -0.15) is 0 Å². The fourth-order valence-corrected chi connectivity index (χ4v) is 3.28. The van der Waals surface area contributed by atoms with Gasteiger partial charge in [0.2, 0.25) is 0 Å². The van der Waals surface area contributed by atoms with Gasteiger partial charge < -0.3 is 5.73 Å². The smallest absolute Gasteiger partial charge is 0.0411 e. The molecule has 2 aliphatic rings. The molecule has 0 saturated heterocycles. The van der Waals surface area contributed by atoms with Gasteiger partial charge in [0.15, 0.2) is 0 Å². The molecule has 0 radical (unpaired) electrons. The Morgan fingerprint density at radius 3 is 2.95 bits per heavy atom. The summed E-state index contributed by atoms with van der Waals surface area (Å²) in [5.41, 5.74) is 11.8. The summed E-state index contributed by atoms with van der Waals surface area (Å²) in [7, 11) is 0. The first-order valence-corrected chi connectivity index (χ1v) is 6.48. The van der Waals surface area contributed by atoms with Gasteiger partial charge in [0, 0.05) is 23.7 Å². The number of nitrogens with two attached hydrogens (primary N) is 1. The molecule has 0 amide bonds. The lowest BCUT2D eigenvalue weighted by Crippen LogP contribution is -2.09. The van der Waals surface area contributed by atoms with Gasteiger partial charge in [-0.15, -0.1) is 0 Å². The molecule has 2 aliphatic carbocycles. The van der Waals surface area contributed by atoms with E-state index in [1.54, 1.807) is 0 Å². The Balaban J connectivity index is 2.14. The van der Waals surface area contributed by atoms with E-state index in [4.69, 9.17) is 5.73 Å². The van der Waals surface area contributed by atoms with Crippen LogP contribution in [-0.4, -0.2) is 6.72 Å². The van der Waals surface area contributed by atoms with E-state index in [2.05, 4.69) is 54.2 Å². The third kappa shape index (κ3) is 1.40. The minimum absolute atomic E-state index is 0.417. The lowest BCUT2D eigenvalue weighted by molar-refractivity contribution is 0.814. The molecule has 0 aliphatic heterocycles. The number of nitrogen functional groups attached to an aromatic ring is 1. The molecule has 0 saturated carbocycles. The van der Waals surface area contributed by atoms with Gasteiger partial charge in [-0.05, 0) is 52.4 Å². The number of aliphatic imine (C=N–C) groups is 1. The van der Waals surface area contributed by atoms with Gasteiger partial charge in [0.1, 0.15) is 0 Å². The van der Waals surface area contributed by atoms with Crippen molar-refractivity contribution in [3.05, 3.63) is 52.7 Å². The van der Waals surface area contributed by atoms with Crippen molar-refractivity contribution in [1.82, 2.24) is 0 Å². The van der Waals surface area contributed by atoms with Crippen LogP contribution < -0.4 is 5.73 Å². The second-order valence-corrected chi connectivity index (χ2v) is 5.24. The predicted molar refractivity (Wildman–Crippen MR) is 82.3 cm³/mol. The highest BCUT2D eigenvalue weighted by molar-refractivity contribution is 6.00. The van der Waals surface area contributed by atoms with E-state index in [1.807, 2.05) is 0 Å². The third-order valence-corrected chi connectivity index (χ3v) is 4.08. The van der Waals surface area contributed by atoms with Crippen LogP contribution in [0.25, 0.3) is 22.9 Å². The van der Waals surface area contributed by atoms with Crippen molar-refractivity contribution in [3.63, 3.8) is 0 Å². The summed E-state index contributed by atoms with van der Waals surface area (Å²) < 4.78 is 0. The van der Waals surface area contributed by atoms with Crippen molar-refractivity contribution < 1.29 is 0 Å². The fourth-order valence-electron chi connectivity index (χ4n) is 3.28. The number of hydrogen-bond acceptors (Lipinski definition) is 2. The highest BCUT2D eigenvalue weighted by Gasteiger charge is 2.24. The van der Waals surface area contributed by atoms with E-state index in [0.717, 1.165) is 17.8 Å². The molecule has 1 atom stereocenters. The predicted octanol–water partition coefficient (Wildman–Crippen LogP) is 3.98. The molecule has 1 unspecified atom stereocenters. The minimum Gasteiger partial charge on any atom is -0.399 e. The molecule has 2 N–H and O–H groups in total. The second-order valence-electron chi connectivity index (χ2n) is 5.24. The molecular weight excluding hydrogens is 232 g/mol. The summed E-state index contributed by atoms with van der Waals surface area (Å²) in [4.78, 5) is 4.12. The number of allylic oxidation sites excluding steroid dienone is 2. The zero-order valence-corrected chi connectivity index (χ0v) is 10.6. The largest absolute Gasteiger partial charge is 0.399 e. The van der Waals surface area contributed by atoms with E-state index in [-0.39, 0.29) is 0 Å². The minimum atomic E-state index is 0.417. The SMILES string of the molecule is C=NC1=Cc2ccc3cc(N)cc4c3c2C(C=C4)C1. The maximum absolute atomic E-state index is 5.97. The van der Waals surface area contributed by atoms with E-state index in [0.29, 0.717) is 5.92 Å². The maximum Gasteiger partial charge on any atom is 0.0411 e. The molecule has 92 valence electrons. The molecule has 2 aromatic rings. The molecule has 0 spiro atoms. The van der Waals surface area contributed by atoms with Crippen LogP contribution in [0.5, 0.6) is 0 Å². The topological polar surface area (TPSA) is 38.4 Å². The fraction of sp³-hybridized carbons (Fsp3) is 0.118. The van der Waals surface area contributed by atoms with E-state index < -0.39 is 0 Å². The van der Waals surface area contributed by atoms with Gasteiger partial charge >= 0.3 is 0 Å². The number of benzene rings is 2. The van der Waals surface area contributed by atoms with Gasteiger partial charge in [-0.3, -0.25) is 4.99 Å². The Morgan fingerprint density at radius 1 is 1.21 bits per heavy atom. The van der Waals surface area contributed by atoms with Crippen LogP contribution in [-0.2, 0) is 0 Å². The van der Waals surface area contributed by atoms with Crippen molar-refractivity contribution >= 4 is 35.3 Å². The van der Waals surface area contributed by atoms with Crippen molar-refractivity contribution in [2.75, 3.05) is 5.73 Å². The summed E-state index contributed by atoms with van der Waals surface area (Å²) in [6.45, 7) is 3.66. The molecule has 4 rings (SSSR count). The first-order chi connectivity index (χ1) is 9.26.